The molecule has 4 N–H and O–H groups in total. The molecular weight excluding hydrogens is 349 g/mol. The van der Waals surface area contributed by atoms with E-state index in [-0.39, 0.29) is 24.0 Å². The Hall–Kier alpha value is -0.860. The van der Waals surface area contributed by atoms with E-state index in [4.69, 9.17) is 10.6 Å². The molecule has 17 heavy (non-hydrogen) atoms. The van der Waals surface area contributed by atoms with E-state index in [1.54, 1.807) is 0 Å². The van der Waals surface area contributed by atoms with Crippen molar-refractivity contribution in [3.63, 3.8) is 0 Å². The number of nitrogens with one attached hydrogen (secondary N) is 2. The minimum absolute atomic E-state index is 0. The third-order valence-corrected chi connectivity index (χ3v) is 2.74. The predicted molar refractivity (Wildman–Crippen MR) is 84.1 cm³/mol. The lowest BCUT2D eigenvalue weighted by Crippen LogP contribution is -2.16. The van der Waals surface area contributed by atoms with Gasteiger partial charge in [0, 0.05) is 0 Å². The van der Waals surface area contributed by atoms with Gasteiger partial charge in [0.1, 0.15) is 0 Å². The summed E-state index contributed by atoms with van der Waals surface area (Å²) in [5.74, 6) is 0.802. The highest BCUT2D eigenvalue weighted by Gasteiger charge is 2.09. The summed E-state index contributed by atoms with van der Waals surface area (Å²) in [5, 5.41) is 0.792. The van der Waals surface area contributed by atoms with Gasteiger partial charge in [0.05, 0.1) is 10.7 Å². The van der Waals surface area contributed by atoms with Crippen molar-refractivity contribution in [3.05, 3.63) is 40.9 Å². The summed E-state index contributed by atoms with van der Waals surface area (Å²) in [7, 11) is 0. The van der Waals surface area contributed by atoms with Gasteiger partial charge in [0.15, 0.2) is 5.75 Å². The minimum Gasteiger partial charge on any atom is -0.394 e. The average molecular weight is 363 g/mol. The third kappa shape index (κ3) is 3.83. The van der Waals surface area contributed by atoms with Crippen LogP contribution in [0.5, 0.6) is 5.75 Å². The predicted octanol–water partition coefficient (Wildman–Crippen LogP) is 2.70. The van der Waals surface area contributed by atoms with Crippen LogP contribution in [0.25, 0.3) is 6.08 Å². The maximum absolute atomic E-state index is 5.66. The molecule has 6 heteroatoms. The fourth-order valence-electron chi connectivity index (χ4n) is 1.30. The summed E-state index contributed by atoms with van der Waals surface area (Å²) in [6, 6.07) is 5.88. The molecule has 2 rings (SSSR count). The van der Waals surface area contributed by atoms with Crippen LogP contribution in [0.1, 0.15) is 5.56 Å². The Morgan fingerprint density at radius 2 is 2.29 bits per heavy atom. The van der Waals surface area contributed by atoms with Crippen molar-refractivity contribution in [1.29, 1.82) is 0 Å². The molecule has 1 aliphatic heterocycles. The van der Waals surface area contributed by atoms with E-state index >= 15 is 0 Å². The molecule has 0 radical (unpaired) electrons. The lowest BCUT2D eigenvalue weighted by molar-refractivity contribution is 0.247. The summed E-state index contributed by atoms with van der Waals surface area (Å²) in [6.07, 6.45) is 7.74. The molecule has 4 nitrogen and oxygen atoms in total. The van der Waals surface area contributed by atoms with Crippen LogP contribution in [0.4, 0.5) is 5.69 Å². The highest BCUT2D eigenvalue weighted by molar-refractivity contribution is 14.0. The van der Waals surface area contributed by atoms with Gasteiger partial charge >= 0.3 is 0 Å². The Labute approximate surface area is 122 Å². The number of benzene rings is 1. The number of hydrogen-bond acceptors (Lipinski definition) is 5. The summed E-state index contributed by atoms with van der Waals surface area (Å²) in [6.45, 7) is 0. The van der Waals surface area contributed by atoms with Crippen LogP contribution in [-0.2, 0) is 0 Å². The van der Waals surface area contributed by atoms with E-state index in [0.717, 1.165) is 22.0 Å². The molecule has 0 amide bonds. The normalized spacial score (nSPS) is 13.8. The topological polar surface area (TPSA) is 59.3 Å². The lowest BCUT2D eigenvalue weighted by atomic mass is 10.2. The number of thioether (sulfide) groups is 1. The number of hydrazine groups is 1. The van der Waals surface area contributed by atoms with Crippen LogP contribution in [0.2, 0.25) is 0 Å². The van der Waals surface area contributed by atoms with Crippen LogP contribution in [0.15, 0.2) is 35.4 Å². The van der Waals surface area contributed by atoms with Crippen molar-refractivity contribution in [1.82, 2.24) is 5.59 Å². The highest BCUT2D eigenvalue weighted by atomic mass is 127. The first-order valence-electron chi connectivity index (χ1n) is 4.79. The number of fused-ring (bicyclic) bond motifs is 1. The molecule has 0 spiro atoms. The summed E-state index contributed by atoms with van der Waals surface area (Å²) in [5.41, 5.74) is 13.2. The molecule has 1 aromatic rings. The van der Waals surface area contributed by atoms with Gasteiger partial charge in [-0.2, -0.15) is 0 Å². The first-order valence-corrected chi connectivity index (χ1v) is 6.02. The quantitative estimate of drug-likeness (QED) is 0.570. The van der Waals surface area contributed by atoms with Crippen molar-refractivity contribution in [2.75, 3.05) is 11.7 Å². The summed E-state index contributed by atoms with van der Waals surface area (Å²) >= 11 is 1.53. The number of allylic oxidation sites excluding steroid dienone is 2. The van der Waals surface area contributed by atoms with E-state index in [9.17, 15) is 0 Å². The van der Waals surface area contributed by atoms with Crippen LogP contribution < -0.4 is 21.6 Å². The van der Waals surface area contributed by atoms with Gasteiger partial charge in [-0.05, 0) is 30.0 Å². The molecular formula is C11H14IN3OS. The zero-order valence-electron chi connectivity index (χ0n) is 9.27. The second-order valence-corrected chi connectivity index (χ2v) is 4.10. The monoisotopic (exact) mass is 363 g/mol. The van der Waals surface area contributed by atoms with Gasteiger partial charge in [-0.3, -0.25) is 5.43 Å². The highest BCUT2D eigenvalue weighted by Crippen LogP contribution is 2.28. The summed E-state index contributed by atoms with van der Waals surface area (Å²) in [4.78, 5) is 5.09. The molecule has 92 valence electrons. The first-order chi connectivity index (χ1) is 7.79. The Balaban J connectivity index is 0.00000144. The van der Waals surface area contributed by atoms with Crippen LogP contribution >= 0.6 is 35.7 Å². The smallest absolute Gasteiger partial charge is 0.174 e. The lowest BCUT2D eigenvalue weighted by Gasteiger charge is -1.96. The van der Waals surface area contributed by atoms with Gasteiger partial charge in [-0.25, -0.2) is 0 Å². The fourth-order valence-corrected chi connectivity index (χ4v) is 1.51. The standard InChI is InChI=1S/C11H13N3OS.HI/c1-16-11(12)4-2-3-8-5-6-10-9(7-8)13-14-15-10;/h2-7,13-14H,12H2,1H3;1H. The van der Waals surface area contributed by atoms with Crippen LogP contribution in [0, 0.1) is 0 Å². The zero-order chi connectivity index (χ0) is 11.4. The van der Waals surface area contributed by atoms with Crippen molar-refractivity contribution in [2.24, 2.45) is 5.73 Å². The average Bonchev–Trinajstić information content (AvgIpc) is 2.76. The van der Waals surface area contributed by atoms with E-state index in [1.165, 1.54) is 11.8 Å². The number of halogens is 1. The Bertz CT molecular complexity index is 448. The van der Waals surface area contributed by atoms with Gasteiger partial charge < -0.3 is 10.6 Å². The Morgan fingerprint density at radius 3 is 3.06 bits per heavy atom. The zero-order valence-corrected chi connectivity index (χ0v) is 12.4. The molecule has 0 fully saturated rings. The number of anilines is 1. The first kappa shape index (κ1) is 14.2. The number of hydrogen-bond donors (Lipinski definition) is 3. The van der Waals surface area contributed by atoms with E-state index < -0.39 is 0 Å². The molecule has 1 heterocycles. The number of nitrogens with two attached hydrogens (primary N) is 1. The molecule has 0 saturated heterocycles. The maximum atomic E-state index is 5.66. The molecule has 0 aliphatic carbocycles. The molecule has 1 aromatic carbocycles. The van der Waals surface area contributed by atoms with Crippen molar-refractivity contribution in [3.8, 4) is 5.75 Å². The molecule has 0 bridgehead atoms. The minimum atomic E-state index is 0. The SMILES string of the molecule is CSC(N)=CC=Cc1ccc2c(c1)NNO2.I. The third-order valence-electron chi connectivity index (χ3n) is 2.14. The fraction of sp³-hybridized carbons (Fsp3) is 0.0909. The summed E-state index contributed by atoms with van der Waals surface area (Å²) < 4.78 is 0. The van der Waals surface area contributed by atoms with Gasteiger partial charge in [0.2, 0.25) is 0 Å². The molecule has 0 unspecified atom stereocenters. The molecule has 1 aliphatic rings. The van der Waals surface area contributed by atoms with Crippen molar-refractivity contribution < 1.29 is 4.84 Å². The van der Waals surface area contributed by atoms with Gasteiger partial charge in [-0.15, -0.1) is 35.7 Å². The Morgan fingerprint density at radius 1 is 1.47 bits per heavy atom. The van der Waals surface area contributed by atoms with Gasteiger partial charge in [0.25, 0.3) is 0 Å². The Kier molecular flexibility index (Phi) is 5.66. The second-order valence-electron chi connectivity index (χ2n) is 3.22. The van der Waals surface area contributed by atoms with Crippen LogP contribution in [0.3, 0.4) is 0 Å². The molecule has 0 saturated carbocycles. The molecule has 0 aromatic heterocycles. The second kappa shape index (κ2) is 6.77. The van der Waals surface area contributed by atoms with Gasteiger partial charge in [-0.1, -0.05) is 23.8 Å². The van der Waals surface area contributed by atoms with E-state index in [2.05, 4.69) is 11.0 Å². The van der Waals surface area contributed by atoms with Crippen LogP contribution in [-0.4, -0.2) is 6.26 Å². The van der Waals surface area contributed by atoms with E-state index in [1.807, 2.05) is 42.7 Å². The maximum Gasteiger partial charge on any atom is 0.174 e. The van der Waals surface area contributed by atoms with Crippen molar-refractivity contribution in [2.45, 2.75) is 0 Å². The largest absolute Gasteiger partial charge is 0.394 e. The van der Waals surface area contributed by atoms with Crippen molar-refractivity contribution >= 4 is 47.5 Å². The number of rotatable bonds is 3. The molecule has 0 atom stereocenters. The van der Waals surface area contributed by atoms with E-state index in [0.29, 0.717) is 0 Å².